The van der Waals surface area contributed by atoms with Crippen LogP contribution in [0.25, 0.3) is 16.8 Å². The maximum Gasteiger partial charge on any atom is 0.218 e. The number of nitrogens with zero attached hydrogens (tertiary/aromatic N) is 5. The summed E-state index contributed by atoms with van der Waals surface area (Å²) in [5.41, 5.74) is 2.97. The number of pyridine rings is 1. The minimum absolute atomic E-state index is 0.593. The smallest absolute Gasteiger partial charge is 0.218 e. The number of halogens is 1. The quantitative estimate of drug-likeness (QED) is 0.683. The molecule has 0 amide bonds. The molecule has 0 N–H and O–H groups in total. The number of fused-ring (bicyclic) bond motifs is 1. The van der Waals surface area contributed by atoms with Gasteiger partial charge in [0.1, 0.15) is 0 Å². The lowest BCUT2D eigenvalue weighted by Crippen LogP contribution is -1.87. The van der Waals surface area contributed by atoms with Gasteiger partial charge < -0.3 is 0 Å². The molecule has 5 nitrogen and oxygen atoms in total. The maximum atomic E-state index is 4.25. The van der Waals surface area contributed by atoms with E-state index in [0.717, 1.165) is 16.8 Å². The molecule has 3 aromatic heterocycles. The zero-order chi connectivity index (χ0) is 11.1. The number of rotatable bonds is 1. The Bertz CT molecular complexity index is 654. The Morgan fingerprint density at radius 3 is 2.94 bits per heavy atom. The van der Waals surface area contributed by atoms with Crippen molar-refractivity contribution in [3.63, 3.8) is 0 Å². The van der Waals surface area contributed by atoms with Crippen LogP contribution in [0.15, 0.2) is 35.5 Å². The van der Waals surface area contributed by atoms with Crippen molar-refractivity contribution < 1.29 is 0 Å². The molecular formula is C10H8BrN5. The Labute approximate surface area is 99.9 Å². The van der Waals surface area contributed by atoms with Crippen LogP contribution in [0.5, 0.6) is 0 Å². The van der Waals surface area contributed by atoms with E-state index in [1.165, 1.54) is 0 Å². The van der Waals surface area contributed by atoms with Gasteiger partial charge in [0.25, 0.3) is 0 Å². The van der Waals surface area contributed by atoms with Gasteiger partial charge in [-0.25, -0.2) is 9.50 Å². The molecule has 0 aliphatic rings. The van der Waals surface area contributed by atoms with E-state index in [4.69, 9.17) is 0 Å². The monoisotopic (exact) mass is 277 g/mol. The fraction of sp³-hybridized carbons (Fsp3) is 0.100. The van der Waals surface area contributed by atoms with Gasteiger partial charge in [-0.05, 0) is 33.6 Å². The van der Waals surface area contributed by atoms with E-state index in [-0.39, 0.29) is 0 Å². The Morgan fingerprint density at radius 2 is 2.19 bits per heavy atom. The van der Waals surface area contributed by atoms with E-state index in [1.807, 2.05) is 37.8 Å². The molecule has 3 heterocycles. The summed E-state index contributed by atoms with van der Waals surface area (Å²) in [7, 11) is 1.90. The van der Waals surface area contributed by atoms with E-state index in [9.17, 15) is 0 Å². The fourth-order valence-electron chi connectivity index (χ4n) is 1.60. The Morgan fingerprint density at radius 1 is 1.31 bits per heavy atom. The van der Waals surface area contributed by atoms with Gasteiger partial charge in [-0.1, -0.05) is 0 Å². The van der Waals surface area contributed by atoms with Crippen molar-refractivity contribution in [1.82, 2.24) is 24.4 Å². The zero-order valence-electron chi connectivity index (χ0n) is 8.50. The third-order valence-corrected chi connectivity index (χ3v) is 2.69. The first-order chi connectivity index (χ1) is 7.72. The molecule has 0 fully saturated rings. The van der Waals surface area contributed by atoms with Gasteiger partial charge >= 0.3 is 0 Å². The summed E-state index contributed by atoms with van der Waals surface area (Å²) in [4.78, 5) is 4.25. The first-order valence-electron chi connectivity index (χ1n) is 4.73. The fourth-order valence-corrected chi connectivity index (χ4v) is 1.96. The van der Waals surface area contributed by atoms with Crippen molar-refractivity contribution in [3.05, 3.63) is 35.5 Å². The number of aryl methyl sites for hydroxylation is 1. The topological polar surface area (TPSA) is 48.0 Å². The van der Waals surface area contributed by atoms with Crippen LogP contribution in [0.4, 0.5) is 0 Å². The molecule has 0 aromatic carbocycles. The lowest BCUT2D eigenvalue weighted by Gasteiger charge is -1.96. The van der Waals surface area contributed by atoms with Crippen LogP contribution in [-0.2, 0) is 7.05 Å². The van der Waals surface area contributed by atoms with Crippen LogP contribution in [0.1, 0.15) is 0 Å². The largest absolute Gasteiger partial charge is 0.275 e. The standard InChI is InChI=1S/C10H8BrN5/c1-15-6-8(5-12-15)7-2-3-16-9(4-7)13-10(11)14-16/h2-6H,1H3. The molecule has 0 saturated carbocycles. The van der Waals surface area contributed by atoms with Gasteiger partial charge in [0.05, 0.1) is 6.20 Å². The van der Waals surface area contributed by atoms with Gasteiger partial charge in [0.15, 0.2) is 5.65 Å². The molecule has 0 unspecified atom stereocenters. The molecule has 0 spiro atoms. The van der Waals surface area contributed by atoms with E-state index >= 15 is 0 Å². The van der Waals surface area contributed by atoms with E-state index in [0.29, 0.717) is 4.73 Å². The van der Waals surface area contributed by atoms with Crippen LogP contribution in [0.3, 0.4) is 0 Å². The Hall–Kier alpha value is -1.69. The molecule has 0 saturated heterocycles. The molecule has 0 atom stereocenters. The van der Waals surface area contributed by atoms with Gasteiger partial charge in [-0.15, -0.1) is 5.10 Å². The Kier molecular flexibility index (Phi) is 2.03. The molecule has 0 bridgehead atoms. The van der Waals surface area contributed by atoms with E-state index < -0.39 is 0 Å². The van der Waals surface area contributed by atoms with Crippen molar-refractivity contribution in [1.29, 1.82) is 0 Å². The van der Waals surface area contributed by atoms with Crippen molar-refractivity contribution in [2.45, 2.75) is 0 Å². The molecule has 80 valence electrons. The first kappa shape index (κ1) is 9.53. The van der Waals surface area contributed by atoms with Crippen molar-refractivity contribution in [2.75, 3.05) is 0 Å². The van der Waals surface area contributed by atoms with Crippen molar-refractivity contribution in [3.8, 4) is 11.1 Å². The summed E-state index contributed by atoms with van der Waals surface area (Å²) in [6.07, 6.45) is 5.68. The highest BCUT2D eigenvalue weighted by atomic mass is 79.9. The normalized spacial score (nSPS) is 11.1. The highest BCUT2D eigenvalue weighted by Crippen LogP contribution is 2.19. The first-order valence-corrected chi connectivity index (χ1v) is 5.52. The summed E-state index contributed by atoms with van der Waals surface area (Å²) < 4.78 is 4.10. The second kappa shape index (κ2) is 3.41. The summed E-state index contributed by atoms with van der Waals surface area (Å²) >= 11 is 3.25. The summed E-state index contributed by atoms with van der Waals surface area (Å²) in [6, 6.07) is 3.97. The second-order valence-corrected chi connectivity index (χ2v) is 4.21. The molecule has 0 radical (unpaired) electrons. The van der Waals surface area contributed by atoms with Crippen molar-refractivity contribution >= 4 is 21.6 Å². The number of hydrogen-bond acceptors (Lipinski definition) is 3. The van der Waals surface area contributed by atoms with Gasteiger partial charge in [-0.2, -0.15) is 5.10 Å². The molecule has 16 heavy (non-hydrogen) atoms. The van der Waals surface area contributed by atoms with Crippen LogP contribution < -0.4 is 0 Å². The molecule has 6 heteroatoms. The third kappa shape index (κ3) is 1.51. The minimum atomic E-state index is 0.593. The van der Waals surface area contributed by atoms with E-state index in [2.05, 4.69) is 31.1 Å². The molecular weight excluding hydrogens is 270 g/mol. The molecule has 0 aliphatic heterocycles. The summed E-state index contributed by atoms with van der Waals surface area (Å²) in [5.74, 6) is 0. The maximum absolute atomic E-state index is 4.25. The van der Waals surface area contributed by atoms with Crippen LogP contribution in [0, 0.1) is 0 Å². The lowest BCUT2D eigenvalue weighted by molar-refractivity contribution is 0.768. The summed E-state index contributed by atoms with van der Waals surface area (Å²) in [6.45, 7) is 0. The third-order valence-electron chi connectivity index (χ3n) is 2.35. The number of aromatic nitrogens is 5. The van der Waals surface area contributed by atoms with Gasteiger partial charge in [0.2, 0.25) is 4.73 Å². The molecule has 3 rings (SSSR count). The average molecular weight is 278 g/mol. The SMILES string of the molecule is Cn1cc(-c2ccn3nc(Br)nc3c2)cn1. The number of hydrogen-bond donors (Lipinski definition) is 0. The lowest BCUT2D eigenvalue weighted by atomic mass is 10.1. The molecule has 3 aromatic rings. The molecule has 0 aliphatic carbocycles. The van der Waals surface area contributed by atoms with Gasteiger partial charge in [-0.3, -0.25) is 4.68 Å². The highest BCUT2D eigenvalue weighted by molar-refractivity contribution is 9.10. The average Bonchev–Trinajstić information content (AvgIpc) is 2.81. The zero-order valence-corrected chi connectivity index (χ0v) is 10.1. The second-order valence-electron chi connectivity index (χ2n) is 3.50. The minimum Gasteiger partial charge on any atom is -0.275 e. The highest BCUT2D eigenvalue weighted by Gasteiger charge is 2.04. The predicted octanol–water partition coefficient (Wildman–Crippen LogP) is 1.89. The van der Waals surface area contributed by atoms with Gasteiger partial charge in [0, 0.05) is 25.0 Å². The van der Waals surface area contributed by atoms with Crippen molar-refractivity contribution in [2.24, 2.45) is 7.05 Å². The van der Waals surface area contributed by atoms with Crippen LogP contribution in [0.2, 0.25) is 0 Å². The van der Waals surface area contributed by atoms with Crippen LogP contribution >= 0.6 is 15.9 Å². The van der Waals surface area contributed by atoms with Crippen LogP contribution in [-0.4, -0.2) is 24.4 Å². The summed E-state index contributed by atoms with van der Waals surface area (Å²) in [5, 5.41) is 8.30. The Balaban J connectivity index is 2.17. The predicted molar refractivity (Wildman–Crippen MR) is 62.9 cm³/mol. The van der Waals surface area contributed by atoms with E-state index in [1.54, 1.807) is 9.20 Å².